The molecule has 106 valence electrons. The Morgan fingerprint density at radius 3 is 2.60 bits per heavy atom. The average molecular weight is 273 g/mol. The summed E-state index contributed by atoms with van der Waals surface area (Å²) in [6.45, 7) is 7.39. The molecule has 0 saturated carbocycles. The molecule has 1 heterocycles. The van der Waals surface area contributed by atoms with Crippen molar-refractivity contribution >= 4 is 5.91 Å². The minimum Gasteiger partial charge on any atom is -0.508 e. The number of phenolic OH excluding ortho intramolecular Hbond substituents is 1. The van der Waals surface area contributed by atoms with E-state index in [-0.39, 0.29) is 17.7 Å². The molecule has 2 N–H and O–H groups in total. The Hall–Kier alpha value is -2.23. The monoisotopic (exact) mass is 273 g/mol. The van der Waals surface area contributed by atoms with Crippen molar-refractivity contribution in [1.82, 2.24) is 5.32 Å². The molecule has 4 nitrogen and oxygen atoms in total. The lowest BCUT2D eigenvalue weighted by Gasteiger charge is -2.14. The van der Waals surface area contributed by atoms with Gasteiger partial charge in [0, 0.05) is 16.7 Å². The van der Waals surface area contributed by atoms with E-state index in [2.05, 4.69) is 5.32 Å². The quantitative estimate of drug-likeness (QED) is 0.901. The van der Waals surface area contributed by atoms with Crippen molar-refractivity contribution in [3.8, 4) is 5.75 Å². The van der Waals surface area contributed by atoms with Crippen LogP contribution >= 0.6 is 0 Å². The van der Waals surface area contributed by atoms with Gasteiger partial charge in [0.15, 0.2) is 0 Å². The Morgan fingerprint density at radius 1 is 1.30 bits per heavy atom. The van der Waals surface area contributed by atoms with E-state index in [4.69, 9.17) is 4.42 Å². The van der Waals surface area contributed by atoms with Crippen LogP contribution in [0.25, 0.3) is 0 Å². The zero-order valence-corrected chi connectivity index (χ0v) is 12.2. The van der Waals surface area contributed by atoms with Crippen LogP contribution in [0.15, 0.2) is 28.7 Å². The van der Waals surface area contributed by atoms with Gasteiger partial charge in [-0.05, 0) is 45.9 Å². The summed E-state index contributed by atoms with van der Waals surface area (Å²) in [5.74, 6) is 1.56. The lowest BCUT2D eigenvalue weighted by Crippen LogP contribution is -2.27. The third-order valence-electron chi connectivity index (χ3n) is 3.44. The number of benzene rings is 1. The third-order valence-corrected chi connectivity index (χ3v) is 3.44. The number of carbonyl (C=O) groups is 1. The molecule has 0 spiro atoms. The van der Waals surface area contributed by atoms with Gasteiger partial charge in [0.1, 0.15) is 17.3 Å². The maximum atomic E-state index is 12.3. The van der Waals surface area contributed by atoms with Gasteiger partial charge < -0.3 is 14.8 Å². The first-order chi connectivity index (χ1) is 9.40. The number of rotatable bonds is 3. The van der Waals surface area contributed by atoms with E-state index in [1.54, 1.807) is 25.1 Å². The highest BCUT2D eigenvalue weighted by Gasteiger charge is 2.17. The number of nitrogens with one attached hydrogen (secondary N) is 1. The molecule has 0 aliphatic heterocycles. The van der Waals surface area contributed by atoms with Gasteiger partial charge in [-0.2, -0.15) is 0 Å². The number of furan rings is 1. The van der Waals surface area contributed by atoms with Crippen LogP contribution in [0.1, 0.15) is 46.0 Å². The molecule has 0 aliphatic carbocycles. The van der Waals surface area contributed by atoms with Crippen LogP contribution in [-0.4, -0.2) is 11.0 Å². The Bertz CT molecular complexity index is 643. The second-order valence-electron chi connectivity index (χ2n) is 5.01. The summed E-state index contributed by atoms with van der Waals surface area (Å²) in [5.41, 5.74) is 2.03. The molecule has 1 unspecified atom stereocenters. The van der Waals surface area contributed by atoms with Gasteiger partial charge in [0.05, 0.1) is 6.04 Å². The Balaban J connectivity index is 2.19. The van der Waals surface area contributed by atoms with Gasteiger partial charge in [0.25, 0.3) is 5.91 Å². The molecular formula is C16H19NO3. The maximum absolute atomic E-state index is 12.3. The number of aryl methyl sites for hydroxylation is 2. The van der Waals surface area contributed by atoms with Gasteiger partial charge in [-0.25, -0.2) is 0 Å². The molecule has 1 aromatic carbocycles. The van der Waals surface area contributed by atoms with Crippen LogP contribution in [0.4, 0.5) is 0 Å². The van der Waals surface area contributed by atoms with Crippen LogP contribution in [0.2, 0.25) is 0 Å². The standard InChI is InChI=1S/C16H19NO3/c1-9-8-14(12(4)20-9)11(3)17-16(19)13-6-5-7-15(18)10(13)2/h5-8,11,18H,1-4H3,(H,17,19). The first-order valence-electron chi connectivity index (χ1n) is 6.56. The molecule has 2 aromatic rings. The number of aromatic hydroxyl groups is 1. The fourth-order valence-electron chi connectivity index (χ4n) is 2.30. The van der Waals surface area contributed by atoms with Crippen molar-refractivity contribution in [2.24, 2.45) is 0 Å². The summed E-state index contributed by atoms with van der Waals surface area (Å²) in [6, 6.07) is 6.70. The van der Waals surface area contributed by atoms with Crippen molar-refractivity contribution in [3.63, 3.8) is 0 Å². The second-order valence-corrected chi connectivity index (χ2v) is 5.01. The van der Waals surface area contributed by atoms with E-state index in [0.717, 1.165) is 17.1 Å². The number of carbonyl (C=O) groups excluding carboxylic acids is 1. The third kappa shape index (κ3) is 2.69. The van der Waals surface area contributed by atoms with E-state index in [1.807, 2.05) is 26.8 Å². The fourth-order valence-corrected chi connectivity index (χ4v) is 2.30. The van der Waals surface area contributed by atoms with Gasteiger partial charge in [-0.15, -0.1) is 0 Å². The maximum Gasteiger partial charge on any atom is 0.252 e. The molecule has 0 aliphatic rings. The smallest absolute Gasteiger partial charge is 0.252 e. The average Bonchev–Trinajstić information content (AvgIpc) is 2.71. The van der Waals surface area contributed by atoms with Crippen LogP contribution in [0, 0.1) is 20.8 Å². The van der Waals surface area contributed by atoms with E-state index >= 15 is 0 Å². The number of phenols is 1. The predicted molar refractivity (Wildman–Crippen MR) is 76.9 cm³/mol. The number of hydrogen-bond donors (Lipinski definition) is 2. The topological polar surface area (TPSA) is 62.5 Å². The van der Waals surface area contributed by atoms with E-state index in [1.165, 1.54) is 0 Å². The highest BCUT2D eigenvalue weighted by Crippen LogP contribution is 2.23. The molecule has 1 aromatic heterocycles. The normalized spacial score (nSPS) is 12.2. The minimum atomic E-state index is -0.204. The molecule has 4 heteroatoms. The first kappa shape index (κ1) is 14.2. The zero-order chi connectivity index (χ0) is 14.9. The first-order valence-corrected chi connectivity index (χ1v) is 6.56. The molecule has 0 bridgehead atoms. The lowest BCUT2D eigenvalue weighted by molar-refractivity contribution is 0.0938. The van der Waals surface area contributed by atoms with Crippen molar-refractivity contribution < 1.29 is 14.3 Å². The van der Waals surface area contributed by atoms with Crippen LogP contribution < -0.4 is 5.32 Å². The molecule has 0 fully saturated rings. The zero-order valence-electron chi connectivity index (χ0n) is 12.2. The second kappa shape index (κ2) is 5.41. The summed E-state index contributed by atoms with van der Waals surface area (Å²) in [6.07, 6.45) is 0. The van der Waals surface area contributed by atoms with Crippen molar-refractivity contribution in [3.05, 3.63) is 52.5 Å². The van der Waals surface area contributed by atoms with Crippen LogP contribution in [0.5, 0.6) is 5.75 Å². The Labute approximate surface area is 118 Å². The Kier molecular flexibility index (Phi) is 3.84. The molecule has 1 amide bonds. The Morgan fingerprint density at radius 2 is 2.00 bits per heavy atom. The van der Waals surface area contributed by atoms with Crippen LogP contribution in [-0.2, 0) is 0 Å². The number of hydrogen-bond acceptors (Lipinski definition) is 3. The molecule has 0 radical (unpaired) electrons. The van der Waals surface area contributed by atoms with E-state index in [9.17, 15) is 9.90 Å². The molecule has 1 atom stereocenters. The number of amides is 1. The van der Waals surface area contributed by atoms with Crippen LogP contribution in [0.3, 0.4) is 0 Å². The van der Waals surface area contributed by atoms with Gasteiger partial charge >= 0.3 is 0 Å². The van der Waals surface area contributed by atoms with Gasteiger partial charge in [-0.1, -0.05) is 6.07 Å². The predicted octanol–water partition coefficient (Wildman–Crippen LogP) is 3.40. The molecule has 0 saturated heterocycles. The van der Waals surface area contributed by atoms with E-state index < -0.39 is 0 Å². The SMILES string of the molecule is Cc1cc(C(C)NC(=O)c2cccc(O)c2C)c(C)o1. The van der Waals surface area contributed by atoms with Gasteiger partial charge in [-0.3, -0.25) is 4.79 Å². The lowest BCUT2D eigenvalue weighted by atomic mass is 10.1. The summed E-state index contributed by atoms with van der Waals surface area (Å²) in [7, 11) is 0. The highest BCUT2D eigenvalue weighted by molar-refractivity contribution is 5.96. The van der Waals surface area contributed by atoms with Crippen molar-refractivity contribution in [2.45, 2.75) is 33.7 Å². The molecular weight excluding hydrogens is 254 g/mol. The summed E-state index contributed by atoms with van der Waals surface area (Å²) < 4.78 is 5.47. The highest BCUT2D eigenvalue weighted by atomic mass is 16.3. The largest absolute Gasteiger partial charge is 0.508 e. The van der Waals surface area contributed by atoms with Gasteiger partial charge in [0.2, 0.25) is 0 Å². The minimum absolute atomic E-state index is 0.126. The molecule has 20 heavy (non-hydrogen) atoms. The van der Waals surface area contributed by atoms with Crippen molar-refractivity contribution in [1.29, 1.82) is 0 Å². The molecule has 2 rings (SSSR count). The van der Waals surface area contributed by atoms with Crippen molar-refractivity contribution in [2.75, 3.05) is 0 Å². The van der Waals surface area contributed by atoms with E-state index in [0.29, 0.717) is 11.1 Å². The fraction of sp³-hybridized carbons (Fsp3) is 0.312. The summed E-state index contributed by atoms with van der Waals surface area (Å²) in [5, 5.41) is 12.6. The summed E-state index contributed by atoms with van der Waals surface area (Å²) in [4.78, 5) is 12.3. The summed E-state index contributed by atoms with van der Waals surface area (Å²) >= 11 is 0.